The van der Waals surface area contributed by atoms with Crippen molar-refractivity contribution in [3.8, 4) is 5.75 Å². The van der Waals surface area contributed by atoms with Gasteiger partial charge in [-0.3, -0.25) is 9.59 Å². The van der Waals surface area contributed by atoms with Crippen LogP contribution >= 0.6 is 11.8 Å². The van der Waals surface area contributed by atoms with E-state index in [0.717, 1.165) is 37.6 Å². The lowest BCUT2D eigenvalue weighted by Gasteiger charge is -2.34. The quantitative estimate of drug-likeness (QED) is 0.319. The number of nitrogens with one attached hydrogen (secondary N) is 2. The van der Waals surface area contributed by atoms with Gasteiger partial charge in [-0.2, -0.15) is 0 Å². The lowest BCUT2D eigenvalue weighted by Crippen LogP contribution is -2.44. The Balaban J connectivity index is 1.15. The molecule has 2 N–H and O–H groups in total. The van der Waals surface area contributed by atoms with Gasteiger partial charge in [0.1, 0.15) is 11.3 Å². The number of methoxy groups -OCH3 is 1. The minimum atomic E-state index is -0.288. The largest absolute Gasteiger partial charge is 0.496 e. The Hall–Kier alpha value is -4.02. The summed E-state index contributed by atoms with van der Waals surface area (Å²) in [4.78, 5) is 34.3. The maximum absolute atomic E-state index is 12.7. The monoisotopic (exact) mass is 531 g/mol. The summed E-state index contributed by atoms with van der Waals surface area (Å²) in [5.41, 5.74) is 4.08. The SMILES string of the molecule is COc1ccccc1C(=O)Nc1ccc2nc(SCC(=O)Nc3ccc(N4CCN(C)CC4)cc3)oc2c1. The number of hydrogen-bond acceptors (Lipinski definition) is 8. The highest BCUT2D eigenvalue weighted by molar-refractivity contribution is 7.99. The molecule has 1 aliphatic rings. The number of likely N-dealkylation sites (N-methyl/N-ethyl adjacent to an activating group) is 1. The third-order valence-electron chi connectivity index (χ3n) is 6.32. The van der Waals surface area contributed by atoms with E-state index in [9.17, 15) is 9.59 Å². The number of para-hydroxylation sites is 1. The van der Waals surface area contributed by atoms with Crippen LogP contribution in [0, 0.1) is 0 Å². The molecule has 5 rings (SSSR count). The van der Waals surface area contributed by atoms with E-state index in [2.05, 4.69) is 32.5 Å². The third-order valence-corrected chi connectivity index (χ3v) is 7.15. The van der Waals surface area contributed by atoms with Crippen molar-refractivity contribution in [2.24, 2.45) is 0 Å². The summed E-state index contributed by atoms with van der Waals surface area (Å²) >= 11 is 1.21. The number of nitrogens with zero attached hydrogens (tertiary/aromatic N) is 3. The molecule has 1 aromatic heterocycles. The summed E-state index contributed by atoms with van der Waals surface area (Å²) in [5.74, 6) is 0.219. The summed E-state index contributed by atoms with van der Waals surface area (Å²) in [6, 6.07) is 20.2. The zero-order chi connectivity index (χ0) is 26.5. The van der Waals surface area contributed by atoms with Crippen LogP contribution < -0.4 is 20.3 Å². The molecule has 0 bridgehead atoms. The van der Waals surface area contributed by atoms with Crippen molar-refractivity contribution in [2.45, 2.75) is 5.22 Å². The van der Waals surface area contributed by atoms with E-state index in [1.807, 2.05) is 24.3 Å². The summed E-state index contributed by atoms with van der Waals surface area (Å²) in [6.07, 6.45) is 0. The summed E-state index contributed by atoms with van der Waals surface area (Å²) in [5, 5.41) is 6.16. The molecule has 38 heavy (non-hydrogen) atoms. The Morgan fingerprint density at radius 1 is 0.974 bits per heavy atom. The summed E-state index contributed by atoms with van der Waals surface area (Å²) in [7, 11) is 3.66. The van der Waals surface area contributed by atoms with Crippen molar-refractivity contribution >= 4 is 51.7 Å². The predicted molar refractivity (Wildman–Crippen MR) is 150 cm³/mol. The van der Waals surface area contributed by atoms with Crippen LogP contribution in [0.4, 0.5) is 17.1 Å². The van der Waals surface area contributed by atoms with Crippen molar-refractivity contribution in [1.82, 2.24) is 9.88 Å². The maximum Gasteiger partial charge on any atom is 0.259 e. The number of carbonyl (C=O) groups excluding carboxylic acids is 2. The Kier molecular flexibility index (Phi) is 7.81. The van der Waals surface area contributed by atoms with Crippen LogP contribution in [0.3, 0.4) is 0 Å². The minimum Gasteiger partial charge on any atom is -0.496 e. The van der Waals surface area contributed by atoms with Crippen LogP contribution in [0.25, 0.3) is 11.1 Å². The first-order valence-electron chi connectivity index (χ1n) is 12.3. The molecule has 0 unspecified atom stereocenters. The Morgan fingerprint density at radius 3 is 2.47 bits per heavy atom. The molecule has 2 heterocycles. The van der Waals surface area contributed by atoms with Crippen molar-refractivity contribution in [1.29, 1.82) is 0 Å². The lowest BCUT2D eigenvalue weighted by atomic mass is 10.2. The van der Waals surface area contributed by atoms with Gasteiger partial charge in [0.05, 0.1) is 18.4 Å². The Morgan fingerprint density at radius 2 is 1.71 bits per heavy atom. The number of oxazole rings is 1. The molecule has 196 valence electrons. The molecule has 0 radical (unpaired) electrons. The topological polar surface area (TPSA) is 99.9 Å². The van der Waals surface area contributed by atoms with Crippen LogP contribution in [0.5, 0.6) is 5.75 Å². The molecule has 0 saturated carbocycles. The molecule has 3 aromatic carbocycles. The number of aromatic nitrogens is 1. The molecule has 0 spiro atoms. The number of benzene rings is 3. The highest BCUT2D eigenvalue weighted by atomic mass is 32.2. The molecule has 1 fully saturated rings. The fourth-order valence-corrected chi connectivity index (χ4v) is 4.86. The van der Waals surface area contributed by atoms with Gasteiger partial charge in [0.25, 0.3) is 11.1 Å². The van der Waals surface area contributed by atoms with Crippen LogP contribution in [-0.2, 0) is 4.79 Å². The van der Waals surface area contributed by atoms with E-state index < -0.39 is 0 Å². The van der Waals surface area contributed by atoms with E-state index in [1.165, 1.54) is 18.9 Å². The van der Waals surface area contributed by atoms with Crippen LogP contribution in [0.15, 0.2) is 76.4 Å². The number of ether oxygens (including phenoxy) is 1. The third kappa shape index (κ3) is 6.09. The van der Waals surface area contributed by atoms with Gasteiger partial charge in [0.2, 0.25) is 5.91 Å². The van der Waals surface area contributed by atoms with Gasteiger partial charge in [-0.15, -0.1) is 0 Å². The van der Waals surface area contributed by atoms with Gasteiger partial charge >= 0.3 is 0 Å². The first kappa shape index (κ1) is 25.6. The zero-order valence-corrected chi connectivity index (χ0v) is 22.1. The molecule has 10 heteroatoms. The first-order chi connectivity index (χ1) is 18.5. The molecule has 2 amide bonds. The molecular weight excluding hydrogens is 502 g/mol. The van der Waals surface area contributed by atoms with Crippen LogP contribution in [-0.4, -0.2) is 67.8 Å². The van der Waals surface area contributed by atoms with Crippen molar-refractivity contribution in [3.63, 3.8) is 0 Å². The fraction of sp³-hybridized carbons (Fsp3) is 0.250. The van der Waals surface area contributed by atoms with E-state index in [0.29, 0.717) is 33.3 Å². The van der Waals surface area contributed by atoms with Gasteiger partial charge in [-0.05, 0) is 55.6 Å². The number of piperazine rings is 1. The Bertz CT molecular complexity index is 1430. The highest BCUT2D eigenvalue weighted by Crippen LogP contribution is 2.27. The molecule has 0 aliphatic carbocycles. The van der Waals surface area contributed by atoms with Crippen LogP contribution in [0.1, 0.15) is 10.4 Å². The highest BCUT2D eigenvalue weighted by Gasteiger charge is 2.16. The van der Waals surface area contributed by atoms with Crippen molar-refractivity contribution < 1.29 is 18.7 Å². The molecule has 1 saturated heterocycles. The van der Waals surface area contributed by atoms with Crippen LogP contribution in [0.2, 0.25) is 0 Å². The van der Waals surface area contributed by atoms with Gasteiger partial charge in [-0.1, -0.05) is 23.9 Å². The summed E-state index contributed by atoms with van der Waals surface area (Å²) < 4.78 is 11.1. The number of thioether (sulfide) groups is 1. The first-order valence-corrected chi connectivity index (χ1v) is 13.3. The van der Waals surface area contributed by atoms with E-state index >= 15 is 0 Å². The average molecular weight is 532 g/mol. The molecule has 0 atom stereocenters. The Labute approximate surface area is 225 Å². The smallest absolute Gasteiger partial charge is 0.259 e. The lowest BCUT2D eigenvalue weighted by molar-refractivity contribution is -0.113. The van der Waals surface area contributed by atoms with E-state index in [1.54, 1.807) is 42.5 Å². The molecule has 4 aromatic rings. The zero-order valence-electron chi connectivity index (χ0n) is 21.3. The number of rotatable bonds is 8. The fourth-order valence-electron chi connectivity index (χ4n) is 4.22. The normalized spacial score (nSPS) is 13.9. The number of fused-ring (bicyclic) bond motifs is 1. The summed E-state index contributed by atoms with van der Waals surface area (Å²) in [6.45, 7) is 4.09. The maximum atomic E-state index is 12.7. The number of amides is 2. The standard InChI is InChI=1S/C28H29N5O4S/c1-32-13-15-33(16-14-32)21-10-7-19(8-11-21)29-26(34)18-38-28-31-23-12-9-20(17-25(23)37-28)30-27(35)22-5-3-4-6-24(22)36-2/h3-12,17H,13-16,18H2,1-2H3,(H,29,34)(H,30,35). The average Bonchev–Trinajstić information content (AvgIpc) is 3.35. The minimum absolute atomic E-state index is 0.144. The van der Waals surface area contributed by atoms with Crippen molar-refractivity contribution in [3.05, 3.63) is 72.3 Å². The van der Waals surface area contributed by atoms with Crippen molar-refractivity contribution in [2.75, 3.05) is 61.6 Å². The van der Waals surface area contributed by atoms with Gasteiger partial charge < -0.3 is 29.6 Å². The molecular formula is C28H29N5O4S. The number of anilines is 3. The van der Waals surface area contributed by atoms with E-state index in [-0.39, 0.29) is 17.6 Å². The second-order valence-corrected chi connectivity index (χ2v) is 9.92. The second-order valence-electron chi connectivity index (χ2n) is 8.99. The molecule has 1 aliphatic heterocycles. The van der Waals surface area contributed by atoms with Gasteiger partial charge in [0.15, 0.2) is 5.58 Å². The molecule has 9 nitrogen and oxygen atoms in total. The number of carbonyl (C=O) groups is 2. The van der Waals surface area contributed by atoms with Gasteiger partial charge in [-0.25, -0.2) is 4.98 Å². The predicted octanol–water partition coefficient (Wildman–Crippen LogP) is 4.57. The second kappa shape index (κ2) is 11.6. The number of hydrogen-bond donors (Lipinski definition) is 2. The van der Waals surface area contributed by atoms with Gasteiger partial charge in [0, 0.05) is 49.3 Å². The van der Waals surface area contributed by atoms with E-state index in [4.69, 9.17) is 9.15 Å².